The zero-order valence-electron chi connectivity index (χ0n) is 12.6. The van der Waals surface area contributed by atoms with E-state index in [1.54, 1.807) is 13.8 Å². The van der Waals surface area contributed by atoms with Crippen molar-refractivity contribution in [2.75, 3.05) is 0 Å². The highest BCUT2D eigenvalue weighted by atomic mass is 16.4. The third-order valence-corrected chi connectivity index (χ3v) is 3.51. The van der Waals surface area contributed by atoms with Gasteiger partial charge in [-0.3, -0.25) is 4.79 Å². The third-order valence-electron chi connectivity index (χ3n) is 3.51. The van der Waals surface area contributed by atoms with Gasteiger partial charge < -0.3 is 10.2 Å². The average molecular weight is 270 g/mol. The molecule has 0 aliphatic rings. The van der Waals surface area contributed by atoms with Gasteiger partial charge in [0, 0.05) is 0 Å². The molecule has 0 aliphatic carbocycles. The first-order chi connectivity index (χ1) is 8.72. The van der Waals surface area contributed by atoms with E-state index >= 15 is 0 Å². The fraction of sp³-hybridized carbons (Fsp3) is 0.733. The van der Waals surface area contributed by atoms with Crippen LogP contribution >= 0.6 is 0 Å². The van der Waals surface area contributed by atoms with Gasteiger partial charge in [0.2, 0.25) is 0 Å². The molecule has 0 radical (unpaired) electrons. The summed E-state index contributed by atoms with van der Waals surface area (Å²) >= 11 is 0. The van der Waals surface area contributed by atoms with E-state index in [1.807, 2.05) is 20.8 Å². The average Bonchev–Trinajstić information content (AvgIpc) is 2.26. The van der Waals surface area contributed by atoms with E-state index in [0.717, 1.165) is 6.42 Å². The molecule has 0 aromatic rings. The highest BCUT2D eigenvalue weighted by molar-refractivity contribution is 5.97. The molecule has 0 aromatic heterocycles. The number of carboxylic acid groups (broad SMARTS) is 2. The summed E-state index contributed by atoms with van der Waals surface area (Å²) in [4.78, 5) is 23.3. The van der Waals surface area contributed by atoms with E-state index in [4.69, 9.17) is 0 Å². The molecule has 0 fully saturated rings. The topological polar surface area (TPSA) is 74.6 Å². The van der Waals surface area contributed by atoms with Crippen molar-refractivity contribution in [3.63, 3.8) is 0 Å². The molecule has 4 nitrogen and oxygen atoms in total. The minimum atomic E-state index is -1.28. The predicted octanol–water partition coefficient (Wildman–Crippen LogP) is 3.71. The molecule has 0 bridgehead atoms. The highest BCUT2D eigenvalue weighted by Crippen LogP contribution is 2.41. The van der Waals surface area contributed by atoms with Gasteiger partial charge in [-0.2, -0.15) is 0 Å². The molecule has 0 spiro atoms. The standard InChI is InChI=1S/C15H26O4/c1-6-8-11(5)12(13(16)17)15(7-2,14(18)19)9-10(3)4/h10H,6-9H2,1-5H3,(H,16,17)(H,18,19). The third kappa shape index (κ3) is 4.08. The summed E-state index contributed by atoms with van der Waals surface area (Å²) in [6, 6.07) is 0. The molecule has 0 heterocycles. The van der Waals surface area contributed by atoms with E-state index in [1.165, 1.54) is 0 Å². The first-order valence-electron chi connectivity index (χ1n) is 6.89. The van der Waals surface area contributed by atoms with Gasteiger partial charge in [-0.15, -0.1) is 0 Å². The molecule has 0 aromatic carbocycles. The second kappa shape index (κ2) is 7.31. The normalized spacial score (nSPS) is 15.9. The summed E-state index contributed by atoms with van der Waals surface area (Å²) in [5, 5.41) is 19.1. The van der Waals surface area contributed by atoms with Crippen LogP contribution in [0.2, 0.25) is 0 Å². The summed E-state index contributed by atoms with van der Waals surface area (Å²) < 4.78 is 0. The fourth-order valence-corrected chi connectivity index (χ4v) is 2.76. The van der Waals surface area contributed by atoms with Crippen molar-refractivity contribution >= 4 is 11.9 Å². The molecule has 4 heteroatoms. The summed E-state index contributed by atoms with van der Waals surface area (Å²) in [6.07, 6.45) is 2.07. The Kier molecular flexibility index (Phi) is 6.81. The van der Waals surface area contributed by atoms with Crippen molar-refractivity contribution in [2.45, 2.75) is 60.3 Å². The van der Waals surface area contributed by atoms with Crippen LogP contribution in [0.3, 0.4) is 0 Å². The van der Waals surface area contributed by atoms with Gasteiger partial charge in [-0.1, -0.05) is 39.7 Å². The van der Waals surface area contributed by atoms with E-state index in [2.05, 4.69) is 0 Å². The Morgan fingerprint density at radius 1 is 1.16 bits per heavy atom. The van der Waals surface area contributed by atoms with Crippen LogP contribution in [0.4, 0.5) is 0 Å². The van der Waals surface area contributed by atoms with Gasteiger partial charge in [-0.25, -0.2) is 4.79 Å². The van der Waals surface area contributed by atoms with Gasteiger partial charge >= 0.3 is 11.9 Å². The number of allylic oxidation sites excluding steroid dienone is 1. The van der Waals surface area contributed by atoms with E-state index < -0.39 is 17.4 Å². The largest absolute Gasteiger partial charge is 0.481 e. The van der Waals surface area contributed by atoms with Crippen LogP contribution in [0, 0.1) is 11.3 Å². The van der Waals surface area contributed by atoms with Crippen molar-refractivity contribution in [1.82, 2.24) is 0 Å². The van der Waals surface area contributed by atoms with Crippen molar-refractivity contribution in [3.8, 4) is 0 Å². The van der Waals surface area contributed by atoms with Crippen molar-refractivity contribution in [1.29, 1.82) is 0 Å². The monoisotopic (exact) mass is 270 g/mol. The molecule has 110 valence electrons. The van der Waals surface area contributed by atoms with Gasteiger partial charge in [0.1, 0.15) is 0 Å². The summed E-state index contributed by atoms with van der Waals surface area (Å²) in [6.45, 7) is 9.28. The zero-order valence-corrected chi connectivity index (χ0v) is 12.6. The maximum Gasteiger partial charge on any atom is 0.332 e. The van der Waals surface area contributed by atoms with Crippen LogP contribution in [0.1, 0.15) is 60.3 Å². The second-order valence-corrected chi connectivity index (χ2v) is 5.55. The molecule has 0 saturated heterocycles. The van der Waals surface area contributed by atoms with Crippen LogP contribution < -0.4 is 0 Å². The number of carbonyl (C=O) groups is 2. The Bertz CT molecular complexity index is 368. The highest BCUT2D eigenvalue weighted by Gasteiger charge is 2.45. The lowest BCUT2D eigenvalue weighted by Crippen LogP contribution is -2.38. The quantitative estimate of drug-likeness (QED) is 0.659. The molecule has 0 rings (SSSR count). The van der Waals surface area contributed by atoms with Gasteiger partial charge in [0.15, 0.2) is 0 Å². The summed E-state index contributed by atoms with van der Waals surface area (Å²) in [7, 11) is 0. The summed E-state index contributed by atoms with van der Waals surface area (Å²) in [5.41, 5.74) is -0.517. The number of hydrogen-bond acceptors (Lipinski definition) is 2. The SMILES string of the molecule is CCCC(C)=C(C(=O)O)C(CC)(CC(C)C)C(=O)O. The Balaban J connectivity index is 5.97. The van der Waals surface area contributed by atoms with Crippen LogP contribution in [-0.2, 0) is 9.59 Å². The molecular weight excluding hydrogens is 244 g/mol. The first-order valence-corrected chi connectivity index (χ1v) is 6.89. The van der Waals surface area contributed by atoms with Gasteiger partial charge in [0.25, 0.3) is 0 Å². The Labute approximate surface area is 115 Å². The minimum Gasteiger partial charge on any atom is -0.481 e. The number of carboxylic acids is 2. The smallest absolute Gasteiger partial charge is 0.332 e. The van der Waals surface area contributed by atoms with Crippen molar-refractivity contribution in [3.05, 3.63) is 11.1 Å². The number of rotatable bonds is 8. The van der Waals surface area contributed by atoms with Crippen LogP contribution in [0.5, 0.6) is 0 Å². The Hall–Kier alpha value is -1.32. The first kappa shape index (κ1) is 17.7. The molecular formula is C15H26O4. The second-order valence-electron chi connectivity index (χ2n) is 5.55. The number of aliphatic carboxylic acids is 2. The summed E-state index contributed by atoms with van der Waals surface area (Å²) in [5.74, 6) is -2.01. The molecule has 1 unspecified atom stereocenters. The minimum absolute atomic E-state index is 0.0815. The zero-order chi connectivity index (χ0) is 15.2. The fourth-order valence-electron chi connectivity index (χ4n) is 2.76. The molecule has 1 atom stereocenters. The molecule has 0 amide bonds. The Morgan fingerprint density at radius 3 is 1.95 bits per heavy atom. The molecule has 19 heavy (non-hydrogen) atoms. The van der Waals surface area contributed by atoms with Crippen molar-refractivity contribution < 1.29 is 19.8 Å². The van der Waals surface area contributed by atoms with E-state index in [-0.39, 0.29) is 11.5 Å². The lowest BCUT2D eigenvalue weighted by atomic mass is 9.70. The number of hydrogen-bond donors (Lipinski definition) is 2. The van der Waals surface area contributed by atoms with Crippen LogP contribution in [0.25, 0.3) is 0 Å². The van der Waals surface area contributed by atoms with E-state index in [9.17, 15) is 19.8 Å². The lowest BCUT2D eigenvalue weighted by Gasteiger charge is -2.32. The maximum atomic E-state index is 11.7. The maximum absolute atomic E-state index is 11.7. The van der Waals surface area contributed by atoms with Crippen molar-refractivity contribution in [2.24, 2.45) is 11.3 Å². The van der Waals surface area contributed by atoms with Crippen LogP contribution in [0.15, 0.2) is 11.1 Å². The Morgan fingerprint density at radius 2 is 1.68 bits per heavy atom. The van der Waals surface area contributed by atoms with Crippen LogP contribution in [-0.4, -0.2) is 22.2 Å². The van der Waals surface area contributed by atoms with Gasteiger partial charge in [-0.05, 0) is 32.1 Å². The van der Waals surface area contributed by atoms with E-state index in [0.29, 0.717) is 24.8 Å². The van der Waals surface area contributed by atoms with Gasteiger partial charge in [0.05, 0.1) is 11.0 Å². The molecule has 2 N–H and O–H groups in total. The molecule has 0 saturated carbocycles. The predicted molar refractivity (Wildman–Crippen MR) is 75.1 cm³/mol. The molecule has 0 aliphatic heterocycles. The lowest BCUT2D eigenvalue weighted by molar-refractivity contribution is -0.151.